The number of carbonyl (C=O) groups excluding carboxylic acids is 3. The van der Waals surface area contributed by atoms with Crippen LogP contribution in [0.15, 0.2) is 45.5 Å². The number of fused-ring (bicyclic) bond motifs is 1. The van der Waals surface area contributed by atoms with E-state index in [0.29, 0.717) is 62.5 Å². The molecule has 1 aromatic heterocycles. The van der Waals surface area contributed by atoms with Crippen molar-refractivity contribution in [1.29, 1.82) is 0 Å². The van der Waals surface area contributed by atoms with Crippen LogP contribution in [0.4, 0.5) is 4.79 Å². The van der Waals surface area contributed by atoms with Gasteiger partial charge >= 0.3 is 12.1 Å². The number of allylic oxidation sites excluding steroid dienone is 2. The lowest BCUT2D eigenvalue weighted by Crippen LogP contribution is -2.45. The highest BCUT2D eigenvalue weighted by molar-refractivity contribution is 8.15. The van der Waals surface area contributed by atoms with Gasteiger partial charge < -0.3 is 24.7 Å². The third kappa shape index (κ3) is 7.53. The Morgan fingerprint density at radius 1 is 1.04 bits per heavy atom. The Kier molecular flexibility index (Phi) is 10.2. The van der Waals surface area contributed by atoms with Crippen molar-refractivity contribution in [2.45, 2.75) is 67.0 Å². The molecule has 1 aliphatic heterocycles. The Bertz CT molecular complexity index is 1690. The molecule has 2 amide bonds. The number of aliphatic hydroxyl groups excluding tert-OH is 1. The molecule has 0 spiro atoms. The van der Waals surface area contributed by atoms with Crippen LogP contribution in [-0.2, 0) is 14.4 Å². The smallest absolute Gasteiger partial charge is 0.414 e. The molecule has 2 N–H and O–H groups in total. The van der Waals surface area contributed by atoms with Crippen LogP contribution in [0.2, 0.25) is 0 Å². The van der Waals surface area contributed by atoms with Crippen LogP contribution in [0.5, 0.6) is 5.75 Å². The van der Waals surface area contributed by atoms with Crippen LogP contribution in [-0.4, -0.2) is 98.9 Å². The maximum atomic E-state index is 13.4. The summed E-state index contributed by atoms with van der Waals surface area (Å²) in [5.41, 5.74) is 1.69. The molecule has 248 valence electrons. The van der Waals surface area contributed by atoms with Gasteiger partial charge in [-0.3, -0.25) is 14.6 Å². The van der Waals surface area contributed by atoms with Gasteiger partial charge in [-0.25, -0.2) is 14.6 Å². The lowest BCUT2D eigenvalue weighted by molar-refractivity contribution is -0.137. The van der Waals surface area contributed by atoms with E-state index in [1.807, 2.05) is 27.7 Å². The number of aromatic nitrogens is 1. The Hall–Kier alpha value is -3.55. The minimum absolute atomic E-state index is 0.103. The third-order valence-corrected chi connectivity index (χ3v) is 10.6. The van der Waals surface area contributed by atoms with Gasteiger partial charge in [-0.1, -0.05) is 27.7 Å². The number of thiazole rings is 1. The number of hydrogen-bond acceptors (Lipinski definition) is 10. The fourth-order valence-corrected chi connectivity index (χ4v) is 8.13. The van der Waals surface area contributed by atoms with Crippen molar-refractivity contribution >= 4 is 62.1 Å². The van der Waals surface area contributed by atoms with Crippen LogP contribution in [0.3, 0.4) is 0 Å². The van der Waals surface area contributed by atoms with Gasteiger partial charge in [0.1, 0.15) is 15.8 Å². The fourth-order valence-electron chi connectivity index (χ4n) is 6.04. The number of hydrogen-bond donors (Lipinski definition) is 2. The molecule has 13 heteroatoms. The largest absolute Gasteiger partial charge is 0.480 e. The summed E-state index contributed by atoms with van der Waals surface area (Å²) < 4.78 is 6.44. The first-order chi connectivity index (χ1) is 21.3. The number of amides is 2. The number of aliphatic hydroxyl groups is 1. The van der Waals surface area contributed by atoms with Gasteiger partial charge in [0.15, 0.2) is 11.8 Å². The van der Waals surface area contributed by atoms with E-state index in [2.05, 4.69) is 9.98 Å². The van der Waals surface area contributed by atoms with Gasteiger partial charge in [-0.15, -0.1) is 23.1 Å². The molecule has 1 aliphatic carbocycles. The van der Waals surface area contributed by atoms with Gasteiger partial charge in [0.05, 0.1) is 16.3 Å². The van der Waals surface area contributed by atoms with E-state index in [1.54, 1.807) is 58.0 Å². The standard InChI is InChI=1S/C33H42N4O7S2/c1-17-18(2)27(40)25(19(3)26(17)39)33(6,7)13-24(38)36(8)15-32(4,5)16-37(9)31(43)44-20-10-11-21-23(12-20)46-29(34-21)28-35-22(14-45-28)30(41)42/h10-12,22,27,40H,13-16H2,1-9H3,(H,41,42)/t22-,27?/m1/s1. The molecule has 0 radical (unpaired) electrons. The zero-order chi connectivity index (χ0) is 34.3. The van der Waals surface area contributed by atoms with Crippen LogP contribution in [0.25, 0.3) is 10.2 Å². The zero-order valence-electron chi connectivity index (χ0n) is 27.8. The number of carboxylic acids is 1. The quantitative estimate of drug-likeness (QED) is 0.349. The second-order valence-corrected chi connectivity index (χ2v) is 15.6. The molecule has 0 bridgehead atoms. The number of carbonyl (C=O) groups is 4. The SMILES string of the molecule is CC1=C(C)C(O)C(C(C)(C)CC(=O)N(C)CC(C)(C)CN(C)C(=O)Oc2ccc3nc(C4=N[C@@H](C(=O)O)CS4)sc3c2)=C(C)C1=O. The van der Waals surface area contributed by atoms with Crippen molar-refractivity contribution in [3.8, 4) is 5.75 Å². The van der Waals surface area contributed by atoms with Crippen molar-refractivity contribution < 1.29 is 34.1 Å². The van der Waals surface area contributed by atoms with E-state index >= 15 is 0 Å². The van der Waals surface area contributed by atoms with Gasteiger partial charge in [-0.05, 0) is 60.6 Å². The maximum absolute atomic E-state index is 13.4. The van der Waals surface area contributed by atoms with E-state index in [1.165, 1.54) is 28.0 Å². The zero-order valence-corrected chi connectivity index (χ0v) is 29.4. The molecular formula is C33H42N4O7S2. The molecule has 0 saturated heterocycles. The molecule has 0 fully saturated rings. The van der Waals surface area contributed by atoms with E-state index in [0.717, 1.165) is 4.70 Å². The highest BCUT2D eigenvalue weighted by Crippen LogP contribution is 2.41. The summed E-state index contributed by atoms with van der Waals surface area (Å²) in [4.78, 5) is 62.4. The number of benzene rings is 1. The number of Topliss-reactive ketones (excluding diaryl/α,β-unsaturated/α-hetero) is 1. The Morgan fingerprint density at radius 3 is 2.33 bits per heavy atom. The highest BCUT2D eigenvalue weighted by atomic mass is 32.2. The maximum Gasteiger partial charge on any atom is 0.414 e. The minimum atomic E-state index is -0.961. The molecule has 1 unspecified atom stereocenters. The number of ether oxygens (including phenoxy) is 1. The summed E-state index contributed by atoms with van der Waals surface area (Å²) in [6.07, 6.45) is -1.35. The normalized spacial score (nSPS) is 19.1. The van der Waals surface area contributed by atoms with E-state index < -0.39 is 35.0 Å². The van der Waals surface area contributed by atoms with Crippen molar-refractivity contribution in [2.24, 2.45) is 15.8 Å². The van der Waals surface area contributed by atoms with Crippen LogP contribution in [0, 0.1) is 10.8 Å². The predicted octanol–water partition coefficient (Wildman–Crippen LogP) is 5.17. The van der Waals surface area contributed by atoms with Gasteiger partial charge in [0, 0.05) is 50.8 Å². The van der Waals surface area contributed by atoms with Crippen molar-refractivity contribution in [3.05, 3.63) is 45.5 Å². The summed E-state index contributed by atoms with van der Waals surface area (Å²) in [6.45, 7) is 13.5. The topological polar surface area (TPSA) is 150 Å². The van der Waals surface area contributed by atoms with Crippen molar-refractivity contribution in [3.63, 3.8) is 0 Å². The molecule has 2 aromatic rings. The number of aliphatic imine (C=N–C) groups is 1. The number of aliphatic carboxylic acids is 1. The number of thioether (sulfide) groups is 1. The molecule has 2 atom stereocenters. The summed E-state index contributed by atoms with van der Waals surface area (Å²) in [7, 11) is 3.36. The summed E-state index contributed by atoms with van der Waals surface area (Å²) >= 11 is 2.72. The molecule has 2 aliphatic rings. The third-order valence-electron chi connectivity index (χ3n) is 8.43. The summed E-state index contributed by atoms with van der Waals surface area (Å²) in [5.74, 6) is -0.477. The molecular weight excluding hydrogens is 629 g/mol. The first-order valence-corrected chi connectivity index (χ1v) is 16.7. The highest BCUT2D eigenvalue weighted by Gasteiger charge is 2.39. The Morgan fingerprint density at radius 2 is 1.70 bits per heavy atom. The monoisotopic (exact) mass is 670 g/mol. The summed E-state index contributed by atoms with van der Waals surface area (Å²) in [6, 6.07) is 4.36. The van der Waals surface area contributed by atoms with Crippen LogP contribution < -0.4 is 4.74 Å². The number of carboxylic acid groups (broad SMARTS) is 1. The predicted molar refractivity (Wildman–Crippen MR) is 181 cm³/mol. The fraction of sp³-hybridized carbons (Fsp3) is 0.515. The second-order valence-electron chi connectivity index (χ2n) is 13.5. The lowest BCUT2D eigenvalue weighted by Gasteiger charge is -2.38. The van der Waals surface area contributed by atoms with Gasteiger partial charge in [-0.2, -0.15) is 0 Å². The minimum Gasteiger partial charge on any atom is -0.480 e. The molecule has 0 saturated carbocycles. The molecule has 4 rings (SSSR count). The Balaban J connectivity index is 1.35. The van der Waals surface area contributed by atoms with Crippen LogP contribution >= 0.6 is 23.1 Å². The van der Waals surface area contributed by atoms with Gasteiger partial charge in [0.2, 0.25) is 5.91 Å². The molecule has 46 heavy (non-hydrogen) atoms. The number of ketones is 1. The lowest BCUT2D eigenvalue weighted by atomic mass is 9.70. The first kappa shape index (κ1) is 35.3. The van der Waals surface area contributed by atoms with Gasteiger partial charge in [0.25, 0.3) is 0 Å². The van der Waals surface area contributed by atoms with Crippen molar-refractivity contribution in [1.82, 2.24) is 14.8 Å². The average molecular weight is 671 g/mol. The van der Waals surface area contributed by atoms with E-state index in [4.69, 9.17) is 4.74 Å². The van der Waals surface area contributed by atoms with Crippen LogP contribution in [0.1, 0.15) is 59.9 Å². The number of rotatable bonds is 10. The molecule has 2 heterocycles. The van der Waals surface area contributed by atoms with Crippen molar-refractivity contribution in [2.75, 3.05) is 32.9 Å². The molecule has 11 nitrogen and oxygen atoms in total. The molecule has 1 aromatic carbocycles. The first-order valence-electron chi connectivity index (χ1n) is 14.9. The Labute approximate surface area is 277 Å². The second kappa shape index (κ2) is 13.3. The summed E-state index contributed by atoms with van der Waals surface area (Å²) in [5, 5.41) is 21.4. The number of nitrogens with zero attached hydrogens (tertiary/aromatic N) is 4. The average Bonchev–Trinajstić information content (AvgIpc) is 3.61. The van der Waals surface area contributed by atoms with E-state index in [-0.39, 0.29) is 18.1 Å². The van der Waals surface area contributed by atoms with E-state index in [9.17, 15) is 29.4 Å².